The van der Waals surface area contributed by atoms with Gasteiger partial charge in [-0.1, -0.05) is 30.3 Å². The van der Waals surface area contributed by atoms with Gasteiger partial charge in [-0.3, -0.25) is 0 Å². The van der Waals surface area contributed by atoms with E-state index in [0.29, 0.717) is 6.42 Å². The van der Waals surface area contributed by atoms with Crippen LogP contribution in [0.5, 0.6) is 0 Å². The second-order valence-corrected chi connectivity index (χ2v) is 9.84. The largest absolute Gasteiger partial charge is 0.393 e. The highest BCUT2D eigenvalue weighted by Crippen LogP contribution is 2.44. The first-order chi connectivity index (χ1) is 14.2. The zero-order valence-corrected chi connectivity index (χ0v) is 18.0. The second kappa shape index (κ2) is 8.33. The number of fused-ring (bicyclic) bond motifs is 1. The normalized spacial score (nSPS) is 26.6. The van der Waals surface area contributed by atoms with Gasteiger partial charge in [-0.05, 0) is 78.2 Å². The van der Waals surface area contributed by atoms with Gasteiger partial charge < -0.3 is 15.2 Å². The molecule has 154 valence electrons. The molecule has 2 heterocycles. The molecule has 2 aromatic carbocycles. The Morgan fingerprint density at radius 3 is 2.86 bits per heavy atom. The summed E-state index contributed by atoms with van der Waals surface area (Å²) in [6.07, 6.45) is 9.21. The molecule has 1 saturated heterocycles. The smallest absolute Gasteiger partial charge is 0.106 e. The molecule has 0 spiro atoms. The monoisotopic (exact) mass is 409 g/mol. The number of ether oxygens (including phenoxy) is 1. The zero-order chi connectivity index (χ0) is 19.8. The third kappa shape index (κ3) is 4.35. The first kappa shape index (κ1) is 19.5. The third-order valence-electron chi connectivity index (χ3n) is 6.59. The maximum absolute atomic E-state index is 10.3. The molecule has 0 radical (unpaired) electrons. The molecule has 3 aliphatic rings. The molecule has 3 unspecified atom stereocenters. The van der Waals surface area contributed by atoms with Gasteiger partial charge in [0.15, 0.2) is 0 Å². The molecular formula is C25H31NO2S. The number of thioether (sulfide) groups is 1. The maximum Gasteiger partial charge on any atom is 0.106 e. The summed E-state index contributed by atoms with van der Waals surface area (Å²) in [4.78, 5) is 0. The van der Waals surface area contributed by atoms with E-state index >= 15 is 0 Å². The summed E-state index contributed by atoms with van der Waals surface area (Å²) in [5, 5.41) is 13.9. The predicted molar refractivity (Wildman–Crippen MR) is 121 cm³/mol. The summed E-state index contributed by atoms with van der Waals surface area (Å²) in [7, 11) is 0. The van der Waals surface area contributed by atoms with Crippen molar-refractivity contribution in [3.8, 4) is 0 Å². The van der Waals surface area contributed by atoms with E-state index in [0.717, 1.165) is 25.3 Å². The van der Waals surface area contributed by atoms with Gasteiger partial charge in [0.05, 0.1) is 12.2 Å². The Kier molecular flexibility index (Phi) is 5.59. The van der Waals surface area contributed by atoms with Crippen LogP contribution in [0.25, 0.3) is 0 Å². The summed E-state index contributed by atoms with van der Waals surface area (Å²) in [5.41, 5.74) is 8.40. The Balaban J connectivity index is 1.43. The van der Waals surface area contributed by atoms with Gasteiger partial charge in [-0.25, -0.2) is 0 Å². The molecule has 1 aliphatic carbocycles. The van der Waals surface area contributed by atoms with Crippen molar-refractivity contribution in [1.29, 1.82) is 0 Å². The highest BCUT2D eigenvalue weighted by molar-refractivity contribution is 7.99. The first-order valence-electron chi connectivity index (χ1n) is 11.0. The molecule has 1 saturated carbocycles. The lowest BCUT2D eigenvalue weighted by Crippen LogP contribution is -2.29. The molecule has 2 N–H and O–H groups in total. The van der Waals surface area contributed by atoms with Crippen LogP contribution < -0.4 is 5.32 Å². The van der Waals surface area contributed by atoms with Gasteiger partial charge in [-0.2, -0.15) is 0 Å². The molecule has 2 aromatic rings. The quantitative estimate of drug-likeness (QED) is 0.692. The summed E-state index contributed by atoms with van der Waals surface area (Å²) < 4.78 is 6.28. The average Bonchev–Trinajstić information content (AvgIpc) is 3.58. The van der Waals surface area contributed by atoms with Crippen LogP contribution in [0.3, 0.4) is 0 Å². The number of hydrogen-bond donors (Lipinski definition) is 2. The molecule has 3 atom stereocenters. The van der Waals surface area contributed by atoms with Gasteiger partial charge in [-0.15, -0.1) is 11.8 Å². The number of rotatable bonds is 5. The number of nitrogens with one attached hydrogen (secondary N) is 1. The molecule has 5 rings (SSSR count). The van der Waals surface area contributed by atoms with E-state index in [1.807, 2.05) is 0 Å². The molecule has 29 heavy (non-hydrogen) atoms. The molecular weight excluding hydrogens is 378 g/mol. The number of benzene rings is 2. The van der Waals surface area contributed by atoms with Gasteiger partial charge >= 0.3 is 0 Å². The number of aryl methyl sites for hydroxylation is 1. The van der Waals surface area contributed by atoms with Crippen molar-refractivity contribution in [2.24, 2.45) is 0 Å². The standard InChI is InChI=1S/C25H31NO2S/c1-29-25-15-21(27)14-24(28-25)19-8-9-22(17-6-7-17)20(13-19)11-16-4-5-18-3-2-10-26-23(18)12-16/h4-5,8-9,12-13,17,21,24-27H,2-3,6-7,10-11,14-15H2,1H3. The van der Waals surface area contributed by atoms with E-state index in [4.69, 9.17) is 4.74 Å². The van der Waals surface area contributed by atoms with Crippen LogP contribution in [-0.4, -0.2) is 29.4 Å². The first-order valence-corrected chi connectivity index (χ1v) is 12.3. The van der Waals surface area contributed by atoms with E-state index in [1.54, 1.807) is 11.8 Å². The molecule has 0 aromatic heterocycles. The lowest BCUT2D eigenvalue weighted by molar-refractivity contribution is -0.0605. The van der Waals surface area contributed by atoms with Crippen molar-refractivity contribution in [1.82, 2.24) is 0 Å². The molecule has 2 aliphatic heterocycles. The van der Waals surface area contributed by atoms with E-state index in [-0.39, 0.29) is 17.6 Å². The fourth-order valence-electron chi connectivity index (χ4n) is 4.84. The maximum atomic E-state index is 10.3. The Labute approximate surface area is 178 Å². The minimum Gasteiger partial charge on any atom is -0.393 e. The van der Waals surface area contributed by atoms with Crippen molar-refractivity contribution in [2.75, 3.05) is 18.1 Å². The lowest BCUT2D eigenvalue weighted by Gasteiger charge is -2.33. The van der Waals surface area contributed by atoms with Crippen molar-refractivity contribution in [2.45, 2.75) is 68.5 Å². The molecule has 0 bridgehead atoms. The van der Waals surface area contributed by atoms with E-state index < -0.39 is 0 Å². The van der Waals surface area contributed by atoms with Crippen LogP contribution in [-0.2, 0) is 17.6 Å². The number of anilines is 1. The van der Waals surface area contributed by atoms with E-state index in [9.17, 15) is 5.11 Å². The van der Waals surface area contributed by atoms with Crippen LogP contribution in [0, 0.1) is 0 Å². The summed E-state index contributed by atoms with van der Waals surface area (Å²) in [5.74, 6) is 0.728. The van der Waals surface area contributed by atoms with Crippen molar-refractivity contribution in [3.05, 3.63) is 64.2 Å². The second-order valence-electron chi connectivity index (χ2n) is 8.85. The lowest BCUT2D eigenvalue weighted by atomic mass is 9.90. The van der Waals surface area contributed by atoms with E-state index in [1.165, 1.54) is 59.2 Å². The Morgan fingerprint density at radius 1 is 1.14 bits per heavy atom. The number of hydrogen-bond acceptors (Lipinski definition) is 4. The minimum atomic E-state index is -0.274. The van der Waals surface area contributed by atoms with Crippen LogP contribution in [0.1, 0.15) is 71.9 Å². The summed E-state index contributed by atoms with van der Waals surface area (Å²) >= 11 is 1.70. The van der Waals surface area contributed by atoms with Crippen molar-refractivity contribution < 1.29 is 9.84 Å². The minimum absolute atomic E-state index is 0.00611. The van der Waals surface area contributed by atoms with Crippen molar-refractivity contribution in [3.63, 3.8) is 0 Å². The fraction of sp³-hybridized carbons (Fsp3) is 0.520. The molecule has 3 nitrogen and oxygen atoms in total. The highest BCUT2D eigenvalue weighted by atomic mass is 32.2. The third-order valence-corrected chi connectivity index (χ3v) is 7.42. The molecule has 0 amide bonds. The zero-order valence-electron chi connectivity index (χ0n) is 17.2. The van der Waals surface area contributed by atoms with Gasteiger partial charge in [0.2, 0.25) is 0 Å². The van der Waals surface area contributed by atoms with Crippen molar-refractivity contribution >= 4 is 17.4 Å². The summed E-state index contributed by atoms with van der Waals surface area (Å²) in [6.45, 7) is 1.08. The van der Waals surface area contributed by atoms with Gasteiger partial charge in [0.25, 0.3) is 0 Å². The van der Waals surface area contributed by atoms with Crippen LogP contribution in [0.15, 0.2) is 36.4 Å². The van der Waals surface area contributed by atoms with Crippen LogP contribution >= 0.6 is 11.8 Å². The Morgan fingerprint density at radius 2 is 2.03 bits per heavy atom. The van der Waals surface area contributed by atoms with Crippen LogP contribution in [0.2, 0.25) is 0 Å². The fourth-order valence-corrected chi connectivity index (χ4v) is 5.50. The van der Waals surface area contributed by atoms with Gasteiger partial charge in [0, 0.05) is 25.1 Å². The highest BCUT2D eigenvalue weighted by Gasteiger charge is 2.31. The Bertz CT molecular complexity index is 879. The van der Waals surface area contributed by atoms with Crippen LogP contribution in [0.4, 0.5) is 5.69 Å². The molecule has 4 heteroatoms. The number of aliphatic hydroxyl groups excluding tert-OH is 1. The average molecular weight is 410 g/mol. The predicted octanol–water partition coefficient (Wildman–Crippen LogP) is 5.41. The topological polar surface area (TPSA) is 41.5 Å². The number of aliphatic hydroxyl groups is 1. The SMILES string of the molecule is CSC1CC(O)CC(c2ccc(C3CC3)c(Cc3ccc4c(c3)NCCC4)c2)O1. The van der Waals surface area contributed by atoms with E-state index in [2.05, 4.69) is 48.0 Å². The van der Waals surface area contributed by atoms with Gasteiger partial charge in [0.1, 0.15) is 5.44 Å². The Hall–Kier alpha value is -1.49. The summed E-state index contributed by atoms with van der Waals surface area (Å²) in [6, 6.07) is 13.9. The molecule has 2 fully saturated rings.